The largest absolute Gasteiger partial charge is 0.461 e. The van der Waals surface area contributed by atoms with E-state index in [1.807, 2.05) is 24.3 Å². The highest BCUT2D eigenvalue weighted by atomic mass is 16.5. The van der Waals surface area contributed by atoms with Gasteiger partial charge in [-0.15, -0.1) is 0 Å². The van der Waals surface area contributed by atoms with Crippen molar-refractivity contribution < 1.29 is 14.3 Å². The van der Waals surface area contributed by atoms with Crippen molar-refractivity contribution >= 4 is 17.7 Å². The van der Waals surface area contributed by atoms with Crippen LogP contribution >= 0.6 is 0 Å². The normalized spacial score (nSPS) is 16.2. The summed E-state index contributed by atoms with van der Waals surface area (Å²) in [4.78, 5) is 24.0. The number of benzene rings is 1. The number of hydrogen-bond acceptors (Lipinski definition) is 4. The number of ether oxygens (including phenoxy) is 1. The van der Waals surface area contributed by atoms with Crippen LogP contribution in [0.5, 0.6) is 0 Å². The van der Waals surface area contributed by atoms with Crippen molar-refractivity contribution in [2.45, 2.75) is 38.6 Å². The van der Waals surface area contributed by atoms with Crippen molar-refractivity contribution in [3.05, 3.63) is 42.2 Å². The molecule has 0 bridgehead atoms. The van der Waals surface area contributed by atoms with Crippen LogP contribution in [0.25, 0.3) is 5.69 Å². The quantitative estimate of drug-likeness (QED) is 0.734. The summed E-state index contributed by atoms with van der Waals surface area (Å²) in [6, 6.07) is 9.14. The highest BCUT2D eigenvalue weighted by Crippen LogP contribution is 2.44. The number of rotatable bonds is 7. The molecule has 2 N–H and O–H groups in total. The van der Waals surface area contributed by atoms with Crippen LogP contribution in [0.3, 0.4) is 0 Å². The predicted octanol–water partition coefficient (Wildman–Crippen LogP) is 3.36. The summed E-state index contributed by atoms with van der Waals surface area (Å²) in [6.07, 6.45) is 6.63. The molecule has 0 atom stereocenters. The number of aromatic nitrogens is 2. The lowest BCUT2D eigenvalue weighted by atomic mass is 10.1. The van der Waals surface area contributed by atoms with E-state index in [2.05, 4.69) is 15.7 Å². The summed E-state index contributed by atoms with van der Waals surface area (Å²) in [5.74, 6) is 0.894. The van der Waals surface area contributed by atoms with Crippen LogP contribution in [0.4, 0.5) is 10.5 Å². The molecular weight excluding hydrogens is 344 g/mol. The average Bonchev–Trinajstić information content (AvgIpc) is 3.59. The monoisotopic (exact) mass is 368 g/mol. The summed E-state index contributed by atoms with van der Waals surface area (Å²) in [7, 11) is 0. The minimum atomic E-state index is -0.438. The van der Waals surface area contributed by atoms with Crippen LogP contribution in [-0.4, -0.2) is 34.4 Å². The van der Waals surface area contributed by atoms with Gasteiger partial charge in [0.15, 0.2) is 5.69 Å². The third kappa shape index (κ3) is 4.30. The first-order valence-electron chi connectivity index (χ1n) is 9.55. The average molecular weight is 368 g/mol. The Morgan fingerprint density at radius 3 is 2.41 bits per heavy atom. The minimum absolute atomic E-state index is 0.143. The summed E-state index contributed by atoms with van der Waals surface area (Å²) >= 11 is 0. The highest BCUT2D eigenvalue weighted by Gasteiger charge is 2.42. The fraction of sp³-hybridized carbons (Fsp3) is 0.450. The maximum atomic E-state index is 12.3. The zero-order valence-electron chi connectivity index (χ0n) is 15.4. The van der Waals surface area contributed by atoms with E-state index in [9.17, 15) is 9.59 Å². The molecule has 2 aromatic rings. The van der Waals surface area contributed by atoms with Crippen molar-refractivity contribution in [2.75, 3.05) is 11.9 Å². The molecule has 1 aromatic heterocycles. The van der Waals surface area contributed by atoms with Gasteiger partial charge in [0, 0.05) is 17.9 Å². The van der Waals surface area contributed by atoms with Gasteiger partial charge in [0.1, 0.15) is 0 Å². The van der Waals surface area contributed by atoms with Crippen molar-refractivity contribution in [2.24, 2.45) is 11.8 Å². The molecule has 7 nitrogen and oxygen atoms in total. The topological polar surface area (TPSA) is 85.2 Å². The molecule has 2 aliphatic carbocycles. The highest BCUT2D eigenvalue weighted by molar-refractivity contribution is 5.89. The third-order valence-electron chi connectivity index (χ3n) is 5.02. The summed E-state index contributed by atoms with van der Waals surface area (Å²) in [5, 5.41) is 10.3. The Balaban J connectivity index is 1.36. The lowest BCUT2D eigenvalue weighted by molar-refractivity contribution is 0.0519. The van der Waals surface area contributed by atoms with Crippen LogP contribution in [0.1, 0.15) is 43.1 Å². The number of carbonyl (C=O) groups is 2. The van der Waals surface area contributed by atoms with Crippen LogP contribution in [0.15, 0.2) is 36.5 Å². The predicted molar refractivity (Wildman–Crippen MR) is 101 cm³/mol. The Bertz CT molecular complexity index is 810. The second-order valence-electron chi connectivity index (χ2n) is 7.21. The number of hydrogen-bond donors (Lipinski definition) is 2. The number of amides is 2. The van der Waals surface area contributed by atoms with E-state index < -0.39 is 5.97 Å². The van der Waals surface area contributed by atoms with Crippen LogP contribution in [0, 0.1) is 11.8 Å². The van der Waals surface area contributed by atoms with Crippen LogP contribution in [0.2, 0.25) is 0 Å². The third-order valence-corrected chi connectivity index (χ3v) is 5.02. The molecule has 1 aromatic carbocycles. The number of nitrogens with zero attached hydrogens (tertiary/aromatic N) is 2. The first-order chi connectivity index (χ1) is 13.1. The molecule has 142 valence electrons. The van der Waals surface area contributed by atoms with E-state index in [0.29, 0.717) is 24.5 Å². The van der Waals surface area contributed by atoms with Gasteiger partial charge in [0.25, 0.3) is 0 Å². The molecule has 2 aliphatic rings. The molecular formula is C20H24N4O3. The van der Waals surface area contributed by atoms with E-state index in [-0.39, 0.29) is 11.7 Å². The van der Waals surface area contributed by atoms with E-state index >= 15 is 0 Å². The lowest BCUT2D eigenvalue weighted by Gasteiger charge is -2.18. The number of urea groups is 1. The summed E-state index contributed by atoms with van der Waals surface area (Å²) in [6.45, 7) is 2.07. The molecule has 4 rings (SSSR count). The van der Waals surface area contributed by atoms with Gasteiger partial charge in [0.2, 0.25) is 0 Å². The maximum Gasteiger partial charge on any atom is 0.358 e. The Hall–Kier alpha value is -2.83. The second-order valence-corrected chi connectivity index (χ2v) is 7.21. The molecule has 1 heterocycles. The fourth-order valence-corrected chi connectivity index (χ4v) is 3.33. The molecule has 0 radical (unpaired) electrons. The van der Waals surface area contributed by atoms with Crippen LogP contribution in [-0.2, 0) is 4.74 Å². The molecule has 0 saturated heterocycles. The first-order valence-corrected chi connectivity index (χ1v) is 9.55. The van der Waals surface area contributed by atoms with E-state index in [4.69, 9.17) is 4.74 Å². The van der Waals surface area contributed by atoms with Gasteiger partial charge < -0.3 is 15.4 Å². The molecule has 0 aliphatic heterocycles. The smallest absolute Gasteiger partial charge is 0.358 e. The lowest BCUT2D eigenvalue weighted by Crippen LogP contribution is -2.40. The molecule has 27 heavy (non-hydrogen) atoms. The zero-order valence-corrected chi connectivity index (χ0v) is 15.4. The molecule has 2 fully saturated rings. The minimum Gasteiger partial charge on any atom is -0.461 e. The standard InChI is InChI=1S/C20H24N4O3/c1-2-27-19(25)17-11-12-24(23-17)16-9-7-15(8-10-16)21-20(26)22-18(13-3-4-13)14-5-6-14/h7-14,18H,2-6H2,1H3,(H2,21,22,26). The van der Waals surface area contributed by atoms with Gasteiger partial charge in [-0.2, -0.15) is 5.10 Å². The van der Waals surface area contributed by atoms with Gasteiger partial charge >= 0.3 is 12.0 Å². The maximum absolute atomic E-state index is 12.3. The number of anilines is 1. The Morgan fingerprint density at radius 1 is 1.15 bits per heavy atom. The molecule has 2 saturated carbocycles. The van der Waals surface area contributed by atoms with Crippen LogP contribution < -0.4 is 10.6 Å². The Morgan fingerprint density at radius 2 is 1.81 bits per heavy atom. The number of carbonyl (C=O) groups excluding carboxylic acids is 2. The number of esters is 1. The van der Waals surface area contributed by atoms with E-state index in [1.165, 1.54) is 25.7 Å². The van der Waals surface area contributed by atoms with Crippen molar-refractivity contribution in [3.8, 4) is 5.69 Å². The van der Waals surface area contributed by atoms with Gasteiger partial charge in [0.05, 0.1) is 12.3 Å². The fourth-order valence-electron chi connectivity index (χ4n) is 3.33. The van der Waals surface area contributed by atoms with Gasteiger partial charge in [-0.05, 0) is 74.8 Å². The van der Waals surface area contributed by atoms with Crippen molar-refractivity contribution in [1.82, 2.24) is 15.1 Å². The van der Waals surface area contributed by atoms with E-state index in [1.54, 1.807) is 23.9 Å². The van der Waals surface area contributed by atoms with Crippen molar-refractivity contribution in [1.29, 1.82) is 0 Å². The second kappa shape index (κ2) is 7.42. The molecule has 2 amide bonds. The molecule has 0 unspecified atom stereocenters. The SMILES string of the molecule is CCOC(=O)c1ccn(-c2ccc(NC(=O)NC(C3CC3)C3CC3)cc2)n1. The Labute approximate surface area is 158 Å². The van der Waals surface area contributed by atoms with Gasteiger partial charge in [-0.25, -0.2) is 14.3 Å². The van der Waals surface area contributed by atoms with E-state index in [0.717, 1.165) is 11.4 Å². The van der Waals surface area contributed by atoms with Gasteiger partial charge in [-0.1, -0.05) is 0 Å². The summed E-state index contributed by atoms with van der Waals surface area (Å²) < 4.78 is 6.55. The van der Waals surface area contributed by atoms with Crippen molar-refractivity contribution in [3.63, 3.8) is 0 Å². The summed E-state index contributed by atoms with van der Waals surface area (Å²) in [5.41, 5.74) is 1.79. The molecule has 7 heteroatoms. The van der Waals surface area contributed by atoms with Gasteiger partial charge in [-0.3, -0.25) is 0 Å². The number of nitrogens with one attached hydrogen (secondary N) is 2. The first kappa shape index (κ1) is 17.6. The zero-order chi connectivity index (χ0) is 18.8. The molecule has 0 spiro atoms. The Kier molecular flexibility index (Phi) is 4.83.